The summed E-state index contributed by atoms with van der Waals surface area (Å²) in [6, 6.07) is 1.77. The van der Waals surface area contributed by atoms with Crippen molar-refractivity contribution in [3.8, 4) is 11.5 Å². The van der Waals surface area contributed by atoms with E-state index >= 15 is 0 Å². The molecule has 1 amide bonds. The van der Waals surface area contributed by atoms with Crippen molar-refractivity contribution in [2.45, 2.75) is 111 Å². The minimum Gasteiger partial charge on any atom is -0.504 e. The van der Waals surface area contributed by atoms with Gasteiger partial charge in [0.15, 0.2) is 16.6 Å². The predicted molar refractivity (Wildman–Crippen MR) is 158 cm³/mol. The summed E-state index contributed by atoms with van der Waals surface area (Å²) in [4.78, 5) is 25.7. The van der Waals surface area contributed by atoms with E-state index in [9.17, 15) is 19.8 Å². The van der Waals surface area contributed by atoms with Crippen molar-refractivity contribution in [2.24, 2.45) is 39.2 Å². The quantitative estimate of drug-likeness (QED) is 0.266. The maximum Gasteiger partial charge on any atom is 0.223 e. The lowest BCUT2D eigenvalue weighted by Gasteiger charge is -2.70. The van der Waals surface area contributed by atoms with E-state index < -0.39 is 5.41 Å². The van der Waals surface area contributed by atoms with Gasteiger partial charge in [-0.05, 0) is 96.8 Å². The maximum absolute atomic E-state index is 13.1. The summed E-state index contributed by atoms with van der Waals surface area (Å²) in [5, 5.41) is 21.4. The number of thioether (sulfide) groups is 1. The molecule has 214 valence electrons. The topological polar surface area (TPSA) is 101 Å². The molecule has 0 saturated heterocycles. The molecular formula is C33H47NO4S. The molecule has 6 heteroatoms. The number of carbonyl (C=O) groups is 2. The number of aromatic hydroxyl groups is 2. The van der Waals surface area contributed by atoms with E-state index in [1.807, 2.05) is 20.8 Å². The second-order valence-corrected chi connectivity index (χ2v) is 16.0. The van der Waals surface area contributed by atoms with E-state index in [0.29, 0.717) is 11.5 Å². The van der Waals surface area contributed by atoms with Gasteiger partial charge in [0.1, 0.15) is 0 Å². The number of nitrogens with two attached hydrogens (primary N) is 1. The van der Waals surface area contributed by atoms with Crippen molar-refractivity contribution in [3.63, 3.8) is 0 Å². The van der Waals surface area contributed by atoms with Gasteiger partial charge in [-0.3, -0.25) is 9.59 Å². The van der Waals surface area contributed by atoms with Gasteiger partial charge in [0.25, 0.3) is 0 Å². The first kappa shape index (κ1) is 28.6. The van der Waals surface area contributed by atoms with Gasteiger partial charge in [-0.25, -0.2) is 0 Å². The monoisotopic (exact) mass is 553 g/mol. The van der Waals surface area contributed by atoms with E-state index in [0.717, 1.165) is 56.1 Å². The Morgan fingerprint density at radius 1 is 1.00 bits per heavy atom. The van der Waals surface area contributed by atoms with Crippen LogP contribution in [-0.4, -0.2) is 21.2 Å². The maximum atomic E-state index is 13.1. The third kappa shape index (κ3) is 3.79. The van der Waals surface area contributed by atoms with Crippen molar-refractivity contribution in [1.29, 1.82) is 0 Å². The summed E-state index contributed by atoms with van der Waals surface area (Å²) in [5.74, 6) is -0.106. The number of benzene rings is 1. The number of fused-ring (bicyclic) bond motifs is 7. The summed E-state index contributed by atoms with van der Waals surface area (Å²) in [5.41, 5.74) is 9.24. The highest BCUT2D eigenvalue weighted by Gasteiger charge is 2.67. The first-order valence-electron chi connectivity index (χ1n) is 14.7. The summed E-state index contributed by atoms with van der Waals surface area (Å²) < 4.78 is 0. The fourth-order valence-corrected chi connectivity index (χ4v) is 10.4. The molecule has 0 radical (unpaired) electrons. The molecule has 0 spiro atoms. The van der Waals surface area contributed by atoms with Gasteiger partial charge in [0, 0.05) is 16.7 Å². The predicted octanol–water partition coefficient (Wildman–Crippen LogP) is 7.46. The molecule has 5 nitrogen and oxygen atoms in total. The fourth-order valence-electron chi connectivity index (χ4n) is 9.27. The van der Waals surface area contributed by atoms with Crippen LogP contribution >= 0.6 is 11.8 Å². The highest BCUT2D eigenvalue weighted by atomic mass is 32.2. The van der Waals surface area contributed by atoms with Crippen molar-refractivity contribution in [2.75, 3.05) is 0 Å². The van der Waals surface area contributed by atoms with Gasteiger partial charge in [-0.2, -0.15) is 0 Å². The van der Waals surface area contributed by atoms with E-state index in [1.54, 1.807) is 6.07 Å². The van der Waals surface area contributed by atoms with Crippen LogP contribution in [0.1, 0.15) is 115 Å². The lowest BCUT2D eigenvalue weighted by Crippen LogP contribution is -2.63. The van der Waals surface area contributed by atoms with Crippen molar-refractivity contribution < 1.29 is 19.8 Å². The summed E-state index contributed by atoms with van der Waals surface area (Å²) >= 11 is 1.35. The summed E-state index contributed by atoms with van der Waals surface area (Å²) in [6.45, 7) is 17.4. The molecule has 39 heavy (non-hydrogen) atoms. The molecule has 1 aromatic rings. The van der Waals surface area contributed by atoms with Gasteiger partial charge in [-0.1, -0.05) is 71.9 Å². The lowest BCUT2D eigenvalue weighted by molar-refractivity contribution is -0.166. The van der Waals surface area contributed by atoms with Gasteiger partial charge in [0.2, 0.25) is 5.91 Å². The Morgan fingerprint density at radius 3 is 2.26 bits per heavy atom. The third-order valence-corrected chi connectivity index (χ3v) is 13.7. The van der Waals surface area contributed by atoms with Gasteiger partial charge < -0.3 is 15.9 Å². The molecule has 4 aliphatic rings. The highest BCUT2D eigenvalue weighted by molar-refractivity contribution is 8.14. The number of hydrogen-bond acceptors (Lipinski definition) is 5. The Morgan fingerprint density at radius 2 is 1.64 bits per heavy atom. The fraction of sp³-hybridized carbons (Fsp3) is 0.697. The second-order valence-electron chi connectivity index (χ2n) is 14.8. The van der Waals surface area contributed by atoms with Gasteiger partial charge >= 0.3 is 0 Å². The molecule has 7 atom stereocenters. The lowest BCUT2D eigenvalue weighted by atomic mass is 9.34. The smallest absolute Gasteiger partial charge is 0.223 e. The Bertz CT molecular complexity index is 1290. The van der Waals surface area contributed by atoms with Crippen molar-refractivity contribution in [3.05, 3.63) is 34.4 Å². The molecule has 0 aromatic heterocycles. The Labute approximate surface area is 238 Å². The van der Waals surface area contributed by atoms with Crippen LogP contribution in [0.4, 0.5) is 0 Å². The minimum atomic E-state index is -0.484. The molecule has 0 aliphatic heterocycles. The molecule has 5 rings (SSSR count). The summed E-state index contributed by atoms with van der Waals surface area (Å²) in [6.07, 6.45) is 9.13. The van der Waals surface area contributed by atoms with Gasteiger partial charge in [0.05, 0.1) is 5.25 Å². The van der Waals surface area contributed by atoms with Crippen LogP contribution in [0.3, 0.4) is 0 Å². The van der Waals surface area contributed by atoms with Crippen LogP contribution < -0.4 is 5.73 Å². The largest absolute Gasteiger partial charge is 0.504 e. The Kier molecular flexibility index (Phi) is 6.43. The molecule has 3 fully saturated rings. The van der Waals surface area contributed by atoms with E-state index in [4.69, 9.17) is 5.73 Å². The Balaban J connectivity index is 1.69. The molecule has 4 aliphatic carbocycles. The molecular weight excluding hydrogens is 506 g/mol. The second kappa shape index (κ2) is 8.77. The van der Waals surface area contributed by atoms with Crippen LogP contribution in [0.15, 0.2) is 17.7 Å². The standard InChI is InChI=1S/C33H47NO4S/c1-18(2)27(37)39-22-16-23-31(6,20-15-21(35)26(36)19(3)25(20)22)12-14-33(8)24-17-30(5,28(34)38)10-9-29(24,4)11-13-32(23,33)7/h15-16,18,22,24,35-36H,9-14,17H2,1-8H3,(H2,34,38)/t22?,24-,29-,30-,31+,32-,33+/m1/s1. The van der Waals surface area contributed by atoms with E-state index in [1.165, 1.54) is 17.3 Å². The first-order valence-corrected chi connectivity index (χ1v) is 15.6. The zero-order valence-electron chi connectivity index (χ0n) is 25.0. The third-order valence-electron chi connectivity index (χ3n) is 12.4. The van der Waals surface area contributed by atoms with Crippen LogP contribution in [0, 0.1) is 40.4 Å². The van der Waals surface area contributed by atoms with E-state index in [2.05, 4.69) is 40.7 Å². The number of phenolic OH excluding ortho intramolecular Hbond substituents is 2. The van der Waals surface area contributed by atoms with Crippen LogP contribution in [-0.2, 0) is 15.0 Å². The van der Waals surface area contributed by atoms with Crippen molar-refractivity contribution >= 4 is 22.8 Å². The minimum absolute atomic E-state index is 0.0364. The van der Waals surface area contributed by atoms with E-state index in [-0.39, 0.29) is 55.3 Å². The normalized spacial score (nSPS) is 41.1. The number of amides is 1. The number of carbonyl (C=O) groups excluding carboxylic acids is 2. The van der Waals surface area contributed by atoms with Gasteiger partial charge in [-0.15, -0.1) is 0 Å². The Hall–Kier alpha value is -1.95. The highest BCUT2D eigenvalue weighted by Crippen LogP contribution is 2.75. The zero-order valence-corrected chi connectivity index (χ0v) is 25.8. The van der Waals surface area contributed by atoms with Crippen LogP contribution in [0.25, 0.3) is 0 Å². The van der Waals surface area contributed by atoms with Crippen LogP contribution in [0.5, 0.6) is 11.5 Å². The average molecular weight is 554 g/mol. The molecule has 0 bridgehead atoms. The number of rotatable bonds is 3. The summed E-state index contributed by atoms with van der Waals surface area (Å²) in [7, 11) is 0. The number of allylic oxidation sites excluding steroid dienone is 1. The number of phenols is 2. The SMILES string of the molecule is Cc1c(O)c(O)cc2c1C(SC(=O)C(C)C)C=C1[C@@]2(C)CC[C@@]2(C)[C@@H]3C[C@](C)(C(N)=O)CC[C@]3(C)CC[C@]12C. The molecule has 1 aromatic carbocycles. The van der Waals surface area contributed by atoms with Crippen molar-refractivity contribution in [1.82, 2.24) is 0 Å². The average Bonchev–Trinajstić information content (AvgIpc) is 2.86. The number of hydrogen-bond donors (Lipinski definition) is 3. The molecule has 4 N–H and O–H groups in total. The number of primary amides is 1. The molecule has 3 saturated carbocycles. The van der Waals surface area contributed by atoms with Crippen LogP contribution in [0.2, 0.25) is 0 Å². The molecule has 0 heterocycles. The first-order chi connectivity index (χ1) is 17.9. The molecule has 1 unspecified atom stereocenters. The zero-order chi connectivity index (χ0) is 28.9.